The van der Waals surface area contributed by atoms with Gasteiger partial charge in [-0.3, -0.25) is 25.2 Å². The van der Waals surface area contributed by atoms with Crippen LogP contribution in [0.5, 0.6) is 5.75 Å². The lowest BCUT2D eigenvalue weighted by Crippen LogP contribution is -2.47. The Bertz CT molecular complexity index is 856. The molecular weight excluding hydrogens is 393 g/mol. The monoisotopic (exact) mass is 409 g/mol. The first-order valence-corrected chi connectivity index (χ1v) is 8.61. The second-order valence-corrected chi connectivity index (χ2v) is 6.38. The standard InChI is InChI=1S/C18H17Cl2N3O4/c1-10(27-16-8-5-13(19)9-15(16)20)17(25)22-23-18(26)12-3-6-14(7-4-12)21-11(2)24/h3-10H,1-2H3,(H,21,24)(H,22,25)(H,23,26)/t10-/m1/s1. The Morgan fingerprint density at radius 3 is 2.26 bits per heavy atom. The second kappa shape index (κ2) is 9.25. The maximum atomic E-state index is 12.1. The molecule has 2 aromatic rings. The molecule has 7 nitrogen and oxygen atoms in total. The van der Waals surface area contributed by atoms with Crippen molar-refractivity contribution in [3.8, 4) is 5.75 Å². The first kappa shape index (κ1) is 20.5. The van der Waals surface area contributed by atoms with Gasteiger partial charge in [-0.05, 0) is 49.4 Å². The lowest BCUT2D eigenvalue weighted by Gasteiger charge is -2.16. The van der Waals surface area contributed by atoms with E-state index in [1.165, 1.54) is 32.0 Å². The largest absolute Gasteiger partial charge is 0.479 e. The smallest absolute Gasteiger partial charge is 0.279 e. The van der Waals surface area contributed by atoms with E-state index in [0.29, 0.717) is 22.0 Å². The third-order valence-electron chi connectivity index (χ3n) is 3.33. The molecule has 2 rings (SSSR count). The van der Waals surface area contributed by atoms with Crippen molar-refractivity contribution in [1.29, 1.82) is 0 Å². The predicted octanol–water partition coefficient (Wildman–Crippen LogP) is 3.18. The van der Waals surface area contributed by atoms with E-state index in [2.05, 4.69) is 16.2 Å². The van der Waals surface area contributed by atoms with Gasteiger partial charge in [-0.25, -0.2) is 0 Å². The fourth-order valence-electron chi connectivity index (χ4n) is 2.02. The third kappa shape index (κ3) is 6.16. The molecule has 142 valence electrons. The number of nitrogens with one attached hydrogen (secondary N) is 3. The van der Waals surface area contributed by atoms with Gasteiger partial charge in [0.1, 0.15) is 5.75 Å². The zero-order valence-electron chi connectivity index (χ0n) is 14.5. The molecule has 0 bridgehead atoms. The minimum atomic E-state index is -0.911. The summed E-state index contributed by atoms with van der Waals surface area (Å²) in [7, 11) is 0. The van der Waals surface area contributed by atoms with E-state index in [9.17, 15) is 14.4 Å². The van der Waals surface area contributed by atoms with Crippen molar-refractivity contribution >= 4 is 46.6 Å². The Morgan fingerprint density at radius 2 is 1.67 bits per heavy atom. The molecule has 0 heterocycles. The lowest BCUT2D eigenvalue weighted by molar-refractivity contribution is -0.128. The van der Waals surface area contributed by atoms with Crippen LogP contribution in [0.15, 0.2) is 42.5 Å². The van der Waals surface area contributed by atoms with Crippen LogP contribution >= 0.6 is 23.2 Å². The Labute approximate surface area is 166 Å². The van der Waals surface area contributed by atoms with Gasteiger partial charge in [0.25, 0.3) is 11.8 Å². The van der Waals surface area contributed by atoms with E-state index in [1.807, 2.05) is 0 Å². The van der Waals surface area contributed by atoms with Crippen molar-refractivity contribution in [2.24, 2.45) is 0 Å². The van der Waals surface area contributed by atoms with Crippen LogP contribution in [-0.4, -0.2) is 23.8 Å². The average molecular weight is 410 g/mol. The summed E-state index contributed by atoms with van der Waals surface area (Å²) in [4.78, 5) is 35.1. The summed E-state index contributed by atoms with van der Waals surface area (Å²) in [6.07, 6.45) is -0.911. The number of ether oxygens (including phenoxy) is 1. The van der Waals surface area contributed by atoms with Crippen LogP contribution in [0.4, 0.5) is 5.69 Å². The highest BCUT2D eigenvalue weighted by Gasteiger charge is 2.17. The first-order chi connectivity index (χ1) is 12.8. The molecule has 3 amide bonds. The zero-order valence-corrected chi connectivity index (χ0v) is 16.0. The lowest BCUT2D eigenvalue weighted by atomic mass is 10.2. The SMILES string of the molecule is CC(=O)Nc1ccc(C(=O)NNC(=O)[C@@H](C)Oc2ccc(Cl)cc2Cl)cc1. The van der Waals surface area contributed by atoms with Gasteiger partial charge < -0.3 is 10.1 Å². The van der Waals surface area contributed by atoms with Crippen molar-refractivity contribution in [2.75, 3.05) is 5.32 Å². The van der Waals surface area contributed by atoms with Gasteiger partial charge in [-0.1, -0.05) is 23.2 Å². The van der Waals surface area contributed by atoms with Gasteiger partial charge in [0.05, 0.1) is 5.02 Å². The molecule has 0 aliphatic heterocycles. The summed E-state index contributed by atoms with van der Waals surface area (Å²) in [6.45, 7) is 2.89. The highest BCUT2D eigenvalue weighted by molar-refractivity contribution is 6.35. The quantitative estimate of drug-likeness (QED) is 0.660. The maximum absolute atomic E-state index is 12.1. The van der Waals surface area contributed by atoms with Crippen LogP contribution in [-0.2, 0) is 9.59 Å². The van der Waals surface area contributed by atoms with E-state index in [0.717, 1.165) is 0 Å². The third-order valence-corrected chi connectivity index (χ3v) is 3.86. The summed E-state index contributed by atoms with van der Waals surface area (Å²) in [5, 5.41) is 3.31. The molecule has 0 aromatic heterocycles. The van der Waals surface area contributed by atoms with Crippen LogP contribution in [0.25, 0.3) is 0 Å². The van der Waals surface area contributed by atoms with Crippen molar-refractivity contribution in [1.82, 2.24) is 10.9 Å². The fraction of sp³-hybridized carbons (Fsp3) is 0.167. The number of carbonyl (C=O) groups excluding carboxylic acids is 3. The van der Waals surface area contributed by atoms with E-state index < -0.39 is 17.9 Å². The minimum absolute atomic E-state index is 0.214. The van der Waals surface area contributed by atoms with Crippen molar-refractivity contribution in [3.63, 3.8) is 0 Å². The highest BCUT2D eigenvalue weighted by Crippen LogP contribution is 2.28. The fourth-order valence-corrected chi connectivity index (χ4v) is 2.47. The molecule has 0 aliphatic carbocycles. The highest BCUT2D eigenvalue weighted by atomic mass is 35.5. The molecule has 0 aliphatic rings. The number of rotatable bonds is 5. The number of carbonyl (C=O) groups is 3. The molecule has 1 atom stereocenters. The number of halogens is 2. The summed E-state index contributed by atoms with van der Waals surface area (Å²) in [5.74, 6) is -1.00. The predicted molar refractivity (Wildman–Crippen MR) is 103 cm³/mol. The number of benzene rings is 2. The Morgan fingerprint density at radius 1 is 1.00 bits per heavy atom. The molecule has 0 fully saturated rings. The van der Waals surface area contributed by atoms with Crippen LogP contribution < -0.4 is 20.9 Å². The van der Waals surface area contributed by atoms with Crippen LogP contribution in [0.2, 0.25) is 10.0 Å². The summed E-state index contributed by atoms with van der Waals surface area (Å²) in [5.41, 5.74) is 5.43. The maximum Gasteiger partial charge on any atom is 0.279 e. The van der Waals surface area contributed by atoms with Crippen molar-refractivity contribution < 1.29 is 19.1 Å². The van der Waals surface area contributed by atoms with E-state index in [1.54, 1.807) is 24.3 Å². The van der Waals surface area contributed by atoms with Crippen LogP contribution in [0.3, 0.4) is 0 Å². The van der Waals surface area contributed by atoms with Crippen molar-refractivity contribution in [3.05, 3.63) is 58.1 Å². The molecule has 9 heteroatoms. The molecule has 0 saturated carbocycles. The number of hydrogen-bond acceptors (Lipinski definition) is 4. The van der Waals surface area contributed by atoms with Gasteiger partial charge in [-0.2, -0.15) is 0 Å². The van der Waals surface area contributed by atoms with Crippen LogP contribution in [0, 0.1) is 0 Å². The van der Waals surface area contributed by atoms with E-state index >= 15 is 0 Å². The van der Waals surface area contributed by atoms with Gasteiger partial charge in [0.2, 0.25) is 5.91 Å². The number of hydrogen-bond donors (Lipinski definition) is 3. The number of anilines is 1. The molecule has 3 N–H and O–H groups in total. The number of amides is 3. The molecular formula is C18H17Cl2N3O4. The van der Waals surface area contributed by atoms with E-state index in [4.69, 9.17) is 27.9 Å². The van der Waals surface area contributed by atoms with Gasteiger partial charge in [-0.15, -0.1) is 0 Å². The molecule has 0 spiro atoms. The Hall–Kier alpha value is -2.77. The number of hydrazine groups is 1. The minimum Gasteiger partial charge on any atom is -0.479 e. The van der Waals surface area contributed by atoms with Gasteiger partial charge in [0.15, 0.2) is 6.10 Å². The normalized spacial score (nSPS) is 11.3. The second-order valence-electron chi connectivity index (χ2n) is 5.54. The summed E-state index contributed by atoms with van der Waals surface area (Å²) in [6, 6.07) is 10.8. The Kier molecular flexibility index (Phi) is 7.04. The summed E-state index contributed by atoms with van der Waals surface area (Å²) >= 11 is 11.8. The molecule has 0 saturated heterocycles. The van der Waals surface area contributed by atoms with Crippen LogP contribution in [0.1, 0.15) is 24.2 Å². The van der Waals surface area contributed by atoms with E-state index in [-0.39, 0.29) is 10.9 Å². The summed E-state index contributed by atoms with van der Waals surface area (Å²) < 4.78 is 5.46. The topological polar surface area (TPSA) is 96.5 Å². The molecule has 0 radical (unpaired) electrons. The molecule has 27 heavy (non-hydrogen) atoms. The average Bonchev–Trinajstić information content (AvgIpc) is 2.61. The van der Waals surface area contributed by atoms with Crippen molar-refractivity contribution in [2.45, 2.75) is 20.0 Å². The Balaban J connectivity index is 1.88. The molecule has 0 unspecified atom stereocenters. The van der Waals surface area contributed by atoms with Gasteiger partial charge in [0, 0.05) is 23.2 Å². The first-order valence-electron chi connectivity index (χ1n) is 7.86. The van der Waals surface area contributed by atoms with Gasteiger partial charge >= 0.3 is 0 Å². The zero-order chi connectivity index (χ0) is 20.0. The molecule has 2 aromatic carbocycles.